The molecule has 0 aromatic rings. The lowest BCUT2D eigenvalue weighted by atomic mass is 10.1. The van der Waals surface area contributed by atoms with Crippen molar-refractivity contribution in [3.63, 3.8) is 0 Å². The van der Waals surface area contributed by atoms with Crippen molar-refractivity contribution in [2.45, 2.75) is 19.3 Å². The first kappa shape index (κ1) is 9.52. The van der Waals surface area contributed by atoms with Crippen LogP contribution in [0, 0.1) is 23.4 Å². The van der Waals surface area contributed by atoms with E-state index < -0.39 is 0 Å². The van der Waals surface area contributed by atoms with Crippen molar-refractivity contribution in [3.05, 3.63) is 0 Å². The Morgan fingerprint density at radius 3 is 2.33 bits per heavy atom. The molecule has 0 aliphatic heterocycles. The summed E-state index contributed by atoms with van der Waals surface area (Å²) in [6, 6.07) is 0. The molecule has 1 rings (SSSR count). The van der Waals surface area contributed by atoms with Gasteiger partial charge in [-0.1, -0.05) is 0 Å². The van der Waals surface area contributed by atoms with Crippen LogP contribution in [0.3, 0.4) is 0 Å². The van der Waals surface area contributed by atoms with Crippen LogP contribution in [0.2, 0.25) is 0 Å². The molecule has 1 saturated carbocycles. The summed E-state index contributed by atoms with van der Waals surface area (Å²) in [6.07, 6.45) is 2.05. The number of carbonyl (C=O) groups excluding carboxylic acids is 2. The summed E-state index contributed by atoms with van der Waals surface area (Å²) >= 11 is 4.52. The average molecular weight is 192 g/mol. The maximum absolute atomic E-state index is 11.0. The van der Waals surface area contributed by atoms with Crippen LogP contribution in [0.1, 0.15) is 19.3 Å². The van der Waals surface area contributed by atoms with Gasteiger partial charge in [0.25, 0.3) is 0 Å². The van der Waals surface area contributed by atoms with Gasteiger partial charge in [0, 0.05) is 0 Å². The number of esters is 1. The number of rotatable bonds is 2. The Bertz CT molecular complexity index is 202. The molecule has 0 spiro atoms. The Hall–Kier alpha value is -0.570. The molecule has 4 heteroatoms. The third kappa shape index (κ3) is 1.97. The van der Waals surface area contributed by atoms with Crippen LogP contribution in [-0.2, 0) is 14.3 Å². The van der Waals surface area contributed by atoms with Gasteiger partial charge in [-0.3, -0.25) is 4.79 Å². The van der Waals surface area contributed by atoms with E-state index in [4.69, 9.17) is 0 Å². The number of hydrogen-bond acceptors (Lipinski definition) is 3. The molecule has 68 valence electrons. The molecule has 12 heavy (non-hydrogen) atoms. The molecule has 0 N–H and O–H groups in total. The lowest BCUT2D eigenvalue weighted by Crippen LogP contribution is -2.14. The van der Waals surface area contributed by atoms with E-state index in [0.717, 1.165) is 12.8 Å². The van der Waals surface area contributed by atoms with Crippen LogP contribution in [0.5, 0.6) is 0 Å². The molecule has 2 unspecified atom stereocenters. The van der Waals surface area contributed by atoms with Crippen molar-refractivity contribution in [3.8, 4) is 0 Å². The predicted octanol–water partition coefficient (Wildman–Crippen LogP) is 0.384. The molecule has 2 atom stereocenters. The smallest absolute Gasteiger partial charge is 0.402 e. The Kier molecular flexibility index (Phi) is 3.09. The second-order valence-electron chi connectivity index (χ2n) is 3.05. The molecule has 0 amide bonds. The van der Waals surface area contributed by atoms with Gasteiger partial charge in [-0.15, -0.1) is 0 Å². The van der Waals surface area contributed by atoms with Crippen molar-refractivity contribution < 1.29 is 25.9 Å². The van der Waals surface area contributed by atoms with E-state index in [-0.39, 0.29) is 23.0 Å². The second kappa shape index (κ2) is 3.90. The summed E-state index contributed by atoms with van der Waals surface area (Å²) in [5.74, 6) is -0.412. The van der Waals surface area contributed by atoms with Gasteiger partial charge < -0.3 is 4.74 Å². The van der Waals surface area contributed by atoms with Gasteiger partial charge in [-0.05, 0) is 19.3 Å². The molecule has 0 aromatic heterocycles. The third-order valence-electron chi connectivity index (χ3n) is 2.30. The molecule has 3 nitrogen and oxygen atoms in total. The molecule has 0 heterocycles. The predicted molar refractivity (Wildman–Crippen MR) is 39.2 cm³/mol. The molecule has 0 radical (unpaired) electrons. The molecule has 0 aromatic carbocycles. The minimum absolute atomic E-state index is 0.0934. The minimum Gasteiger partial charge on any atom is -0.469 e. The molecule has 0 saturated heterocycles. The summed E-state index contributed by atoms with van der Waals surface area (Å²) in [5.41, 5.74) is 0. The number of hydrogen-bond donors (Lipinski definition) is 0. The van der Waals surface area contributed by atoms with Crippen LogP contribution in [-0.4, -0.2) is 18.3 Å². The van der Waals surface area contributed by atoms with E-state index in [2.05, 4.69) is 16.3 Å². The zero-order valence-corrected chi connectivity index (χ0v) is 7.73. The Morgan fingerprint density at radius 2 is 1.92 bits per heavy atom. The summed E-state index contributed by atoms with van der Waals surface area (Å²) in [6.45, 7) is 0. The van der Waals surface area contributed by atoms with Gasteiger partial charge in [0.2, 0.25) is 0 Å². The van der Waals surface area contributed by atoms with Crippen molar-refractivity contribution in [2.75, 3.05) is 7.11 Å². The first-order valence-electron chi connectivity index (χ1n) is 3.94. The highest BCUT2D eigenvalue weighted by atomic mass is 35.5. The van der Waals surface area contributed by atoms with Gasteiger partial charge in [-0.2, -0.15) is 0 Å². The first-order valence-corrected chi connectivity index (χ1v) is 4.34. The van der Waals surface area contributed by atoms with Gasteiger partial charge >= 0.3 is 11.2 Å². The summed E-state index contributed by atoms with van der Waals surface area (Å²) < 4.78 is 4.58. The van der Waals surface area contributed by atoms with Crippen molar-refractivity contribution >= 4 is 11.2 Å². The van der Waals surface area contributed by atoms with Gasteiger partial charge in [-0.25, -0.2) is 4.79 Å². The van der Waals surface area contributed by atoms with Gasteiger partial charge in [0.05, 0.1) is 18.9 Å². The number of ether oxygens (including phenoxy) is 1. The molecular weight excluding hydrogens is 180 g/mol. The molecule has 1 aliphatic rings. The lowest BCUT2D eigenvalue weighted by molar-refractivity contribution is -0.311. The SMILES string of the molecule is COC(=O)C1CCC(C(=O)[ClH+])C1. The quantitative estimate of drug-likeness (QED) is 0.468. The average Bonchev–Trinajstić information content (AvgIpc) is 2.51. The number of halogens is 1. The van der Waals surface area contributed by atoms with Crippen molar-refractivity contribution in [1.82, 2.24) is 0 Å². The summed E-state index contributed by atoms with van der Waals surface area (Å²) in [5, 5.41) is -0.221. The number of carbonyl (C=O) groups is 2. The topological polar surface area (TPSA) is 43.4 Å². The first-order chi connectivity index (χ1) is 5.65. The summed E-state index contributed by atoms with van der Waals surface area (Å²) in [4.78, 5) is 21.8. The Labute approximate surface area is 76.0 Å². The lowest BCUT2D eigenvalue weighted by Gasteiger charge is -2.04. The second-order valence-corrected chi connectivity index (χ2v) is 3.45. The molecule has 1 fully saturated rings. The highest BCUT2D eigenvalue weighted by molar-refractivity contribution is 5.75. The molecular formula is C8H12ClO3+. The highest BCUT2D eigenvalue weighted by Gasteiger charge is 2.36. The van der Waals surface area contributed by atoms with Crippen molar-refractivity contribution in [1.29, 1.82) is 0 Å². The largest absolute Gasteiger partial charge is 0.469 e. The van der Waals surface area contributed by atoms with E-state index in [1.54, 1.807) is 0 Å². The van der Waals surface area contributed by atoms with Crippen LogP contribution in [0.15, 0.2) is 0 Å². The molecule has 1 aliphatic carbocycles. The van der Waals surface area contributed by atoms with Gasteiger partial charge in [0.15, 0.2) is 11.6 Å². The molecule has 0 bridgehead atoms. The van der Waals surface area contributed by atoms with Crippen LogP contribution in [0.4, 0.5) is 0 Å². The van der Waals surface area contributed by atoms with E-state index in [1.807, 2.05) is 0 Å². The summed E-state index contributed by atoms with van der Waals surface area (Å²) in [7, 11) is 1.37. The Morgan fingerprint density at radius 1 is 1.33 bits per heavy atom. The fourth-order valence-corrected chi connectivity index (χ4v) is 1.79. The third-order valence-corrected chi connectivity index (χ3v) is 2.63. The van der Waals surface area contributed by atoms with E-state index >= 15 is 0 Å². The Balaban J connectivity index is 2.45. The van der Waals surface area contributed by atoms with Crippen LogP contribution in [0.25, 0.3) is 0 Å². The maximum Gasteiger partial charge on any atom is 0.402 e. The van der Waals surface area contributed by atoms with Crippen LogP contribution >= 0.6 is 0 Å². The van der Waals surface area contributed by atoms with E-state index in [9.17, 15) is 9.59 Å². The van der Waals surface area contributed by atoms with E-state index in [0.29, 0.717) is 6.42 Å². The van der Waals surface area contributed by atoms with Crippen molar-refractivity contribution in [2.24, 2.45) is 11.8 Å². The minimum atomic E-state index is -0.221. The maximum atomic E-state index is 11.0. The zero-order chi connectivity index (χ0) is 9.14. The van der Waals surface area contributed by atoms with E-state index in [1.165, 1.54) is 7.11 Å². The normalized spacial score (nSPS) is 28.5. The fourth-order valence-electron chi connectivity index (χ4n) is 1.58. The van der Waals surface area contributed by atoms with Gasteiger partial charge in [0.1, 0.15) is 0 Å². The fraction of sp³-hybridized carbons (Fsp3) is 0.750. The standard InChI is InChI=1S/C8H12ClO3/c1-12-8(11)6-3-2-5(4-6)7(9)10/h5-6,9H,2-4H2,1H3/q+1. The zero-order valence-electron chi connectivity index (χ0n) is 6.91. The monoisotopic (exact) mass is 191 g/mol. The highest BCUT2D eigenvalue weighted by Crippen LogP contribution is 2.31. The van der Waals surface area contributed by atoms with Crippen LogP contribution < -0.4 is 0 Å². The number of methoxy groups -OCH3 is 1.